The number of anilines is 1. The monoisotopic (exact) mass is 871 g/mol. The number of aliphatic hydroxyl groups excluding tert-OH is 1. The maximum absolute atomic E-state index is 16.1. The van der Waals surface area contributed by atoms with Gasteiger partial charge in [-0.25, -0.2) is 33.6 Å². The highest BCUT2D eigenvalue weighted by Gasteiger charge is 2.55. The highest BCUT2D eigenvalue weighted by atomic mass is 19.1. The number of hydrogen-bond donors (Lipinski definition) is 2. The molecule has 2 fully saturated rings. The number of aliphatic imine (C=N–C) groups is 1. The summed E-state index contributed by atoms with van der Waals surface area (Å²) in [6, 6.07) is 10.1. The van der Waals surface area contributed by atoms with Crippen LogP contribution in [0.1, 0.15) is 78.0 Å². The molecule has 3 aliphatic heterocycles. The summed E-state index contributed by atoms with van der Waals surface area (Å²) in [5.41, 5.74) is 7.55. The molecule has 1 amide bonds. The Morgan fingerprint density at radius 1 is 0.969 bits per heavy atom. The lowest BCUT2D eigenvalue weighted by Crippen LogP contribution is -2.48. The molecule has 1 saturated carbocycles. The number of benzene rings is 2. The predicted molar refractivity (Wildman–Crippen MR) is 234 cm³/mol. The van der Waals surface area contributed by atoms with E-state index in [0.717, 1.165) is 23.3 Å². The lowest BCUT2D eigenvalue weighted by atomic mass is 9.90. The van der Waals surface area contributed by atoms with E-state index in [4.69, 9.17) is 14.7 Å². The summed E-state index contributed by atoms with van der Waals surface area (Å²) in [6.07, 6.45) is 8.76. The van der Waals surface area contributed by atoms with Gasteiger partial charge in [-0.2, -0.15) is 10.2 Å². The third kappa shape index (κ3) is 6.06. The number of hydroxylamine groups is 1. The number of halogens is 2. The van der Waals surface area contributed by atoms with E-state index in [1.54, 1.807) is 65.6 Å². The lowest BCUT2D eigenvalue weighted by Gasteiger charge is -2.39. The molecule has 11 rings (SSSR count). The van der Waals surface area contributed by atoms with Crippen molar-refractivity contribution in [1.82, 2.24) is 43.5 Å². The van der Waals surface area contributed by atoms with Crippen molar-refractivity contribution < 1.29 is 28.3 Å². The molecule has 0 radical (unpaired) electrons. The maximum atomic E-state index is 16.1. The number of fused-ring (bicyclic) bond motifs is 3. The van der Waals surface area contributed by atoms with Crippen LogP contribution in [0.2, 0.25) is 0 Å². The molecule has 1 unspecified atom stereocenters. The van der Waals surface area contributed by atoms with Gasteiger partial charge in [0.15, 0.2) is 5.82 Å². The maximum Gasteiger partial charge on any atom is 0.338 e. The Labute approximate surface area is 365 Å². The Morgan fingerprint density at radius 2 is 1.72 bits per heavy atom. The molecule has 0 bridgehead atoms. The summed E-state index contributed by atoms with van der Waals surface area (Å²) < 4.78 is 45.0. The summed E-state index contributed by atoms with van der Waals surface area (Å²) in [5.74, 6) is -0.359. The summed E-state index contributed by atoms with van der Waals surface area (Å²) in [6.45, 7) is 11.7. The predicted octanol–water partition coefficient (Wildman–Crippen LogP) is 5.46. The Morgan fingerprint density at radius 3 is 2.44 bits per heavy atom. The number of ether oxygens (including phenoxy) is 1. The fourth-order valence-corrected chi connectivity index (χ4v) is 10.1. The van der Waals surface area contributed by atoms with Crippen molar-refractivity contribution in [3.8, 4) is 17.2 Å². The van der Waals surface area contributed by atoms with Gasteiger partial charge in [0.25, 0.3) is 12.3 Å². The smallest absolute Gasteiger partial charge is 0.338 e. The van der Waals surface area contributed by atoms with Crippen molar-refractivity contribution in [1.29, 1.82) is 0 Å². The number of nitrogens with zero attached hydrogens (tertiary/aromatic N) is 10. The molecular formula is C46H47F2N11O5. The standard InChI is InChI=1S/C46H47F2N11O5/c1-25-19-29(20-26(2)38(25)47)59-40(58-16-15-57(44(58)62)35-10-9-33-30(39(35)48)21-49-53(33)6)36-27(3)56(14-11-32(36)51-59)41(60)31-23-55-22-28(54-17-18-63-45(4,5)24-54)7-8-34(55)37(31)46(12-13-46)42-50-43(61)64-52-42/h7-10,15-16,19-23,27,43,61H,11-14,17-18,24H2,1-6H3,(H,50,52)/t27-,43?/m0/s1. The van der Waals surface area contributed by atoms with Gasteiger partial charge >= 0.3 is 5.69 Å². The van der Waals surface area contributed by atoms with Gasteiger partial charge in [0, 0.05) is 69.0 Å². The van der Waals surface area contributed by atoms with E-state index >= 15 is 13.6 Å². The number of carbonyl (C=O) groups excluding carboxylic acids is 1. The summed E-state index contributed by atoms with van der Waals surface area (Å²) in [4.78, 5) is 43.8. The molecule has 1 aliphatic carbocycles. The topological polar surface area (TPSA) is 154 Å². The second-order valence-corrected chi connectivity index (χ2v) is 18.1. The number of hydrogen-bond acceptors (Lipinski definition) is 10. The van der Waals surface area contributed by atoms with Crippen molar-refractivity contribution in [2.24, 2.45) is 12.0 Å². The lowest BCUT2D eigenvalue weighted by molar-refractivity contribution is -0.102. The Bertz CT molecular complexity index is 3160. The van der Waals surface area contributed by atoms with Gasteiger partial charge in [-0.05, 0) is 95.0 Å². The summed E-state index contributed by atoms with van der Waals surface area (Å²) in [5, 5.41) is 19.8. The van der Waals surface area contributed by atoms with Crippen LogP contribution >= 0.6 is 0 Å². The van der Waals surface area contributed by atoms with Crippen LogP contribution in [-0.4, -0.2) is 93.1 Å². The number of aliphatic hydroxyl groups is 1. The molecule has 16 nitrogen and oxygen atoms in total. The minimum atomic E-state index is -1.37. The van der Waals surface area contributed by atoms with E-state index in [9.17, 15) is 9.90 Å². The molecule has 330 valence electrons. The van der Waals surface area contributed by atoms with Crippen molar-refractivity contribution >= 4 is 33.8 Å². The minimum absolute atomic E-state index is 0.0459. The van der Waals surface area contributed by atoms with Gasteiger partial charge in [0.05, 0.1) is 74.6 Å². The molecule has 4 aliphatic rings. The number of nitrogens with one attached hydrogen (secondary N) is 1. The second kappa shape index (κ2) is 14.2. The van der Waals surface area contributed by atoms with E-state index in [1.807, 2.05) is 29.8 Å². The third-order valence-electron chi connectivity index (χ3n) is 13.4. The molecule has 64 heavy (non-hydrogen) atoms. The number of aromatic nitrogens is 7. The van der Waals surface area contributed by atoms with Gasteiger partial charge < -0.3 is 24.0 Å². The first-order valence-corrected chi connectivity index (χ1v) is 21.5. The van der Waals surface area contributed by atoms with Crippen LogP contribution < -0.4 is 16.1 Å². The molecule has 2 N–H and O–H groups in total. The van der Waals surface area contributed by atoms with Gasteiger partial charge in [0.2, 0.25) is 0 Å². The largest absolute Gasteiger partial charge is 0.372 e. The zero-order valence-corrected chi connectivity index (χ0v) is 36.3. The summed E-state index contributed by atoms with van der Waals surface area (Å²) >= 11 is 0. The van der Waals surface area contributed by atoms with Gasteiger partial charge in [-0.1, -0.05) is 0 Å². The first kappa shape index (κ1) is 40.2. The minimum Gasteiger partial charge on any atom is -0.372 e. The number of rotatable bonds is 7. The van der Waals surface area contributed by atoms with E-state index in [2.05, 4.69) is 40.4 Å². The number of pyridine rings is 1. The number of amides is 1. The van der Waals surface area contributed by atoms with Crippen molar-refractivity contribution in [3.63, 3.8) is 0 Å². The Kier molecular flexibility index (Phi) is 8.90. The molecular weight excluding hydrogens is 825 g/mol. The zero-order chi connectivity index (χ0) is 44.6. The Balaban J connectivity index is 1.05. The number of morpholine rings is 1. The van der Waals surface area contributed by atoms with Crippen LogP contribution in [0.4, 0.5) is 14.5 Å². The molecule has 1 saturated heterocycles. The number of aryl methyl sites for hydroxylation is 3. The van der Waals surface area contributed by atoms with Gasteiger partial charge in [-0.15, -0.1) is 0 Å². The van der Waals surface area contributed by atoms with Crippen molar-refractivity contribution in [3.05, 3.63) is 123 Å². The van der Waals surface area contributed by atoms with E-state index < -0.39 is 29.4 Å². The molecule has 18 heteroatoms. The molecule has 8 heterocycles. The van der Waals surface area contributed by atoms with Gasteiger partial charge in [-0.3, -0.25) is 18.6 Å². The molecule has 5 aromatic heterocycles. The first-order valence-electron chi connectivity index (χ1n) is 21.5. The summed E-state index contributed by atoms with van der Waals surface area (Å²) in [7, 11) is 1.72. The molecule has 7 aromatic rings. The number of amidine groups is 1. The van der Waals surface area contributed by atoms with Gasteiger partial charge in [0.1, 0.15) is 17.5 Å². The first-order chi connectivity index (χ1) is 30.6. The normalized spacial score (nSPS) is 20.2. The molecule has 0 spiro atoms. The van der Waals surface area contributed by atoms with E-state index in [1.165, 1.54) is 21.5 Å². The second-order valence-electron chi connectivity index (χ2n) is 18.1. The fourth-order valence-electron chi connectivity index (χ4n) is 10.1. The van der Waals surface area contributed by atoms with Crippen LogP contribution in [0.25, 0.3) is 33.6 Å². The molecule has 2 aromatic carbocycles. The van der Waals surface area contributed by atoms with Crippen LogP contribution in [0, 0.1) is 25.5 Å². The number of imidazole rings is 1. The van der Waals surface area contributed by atoms with Crippen LogP contribution in [0.15, 0.2) is 77.2 Å². The van der Waals surface area contributed by atoms with E-state index in [-0.39, 0.29) is 28.4 Å². The van der Waals surface area contributed by atoms with E-state index in [0.29, 0.717) is 89.8 Å². The average Bonchev–Trinajstić information content (AvgIpc) is 3.72. The van der Waals surface area contributed by atoms with Crippen LogP contribution in [0.3, 0.4) is 0 Å². The highest BCUT2D eigenvalue weighted by molar-refractivity contribution is 6.05. The van der Waals surface area contributed by atoms with Crippen molar-refractivity contribution in [2.75, 3.05) is 31.1 Å². The third-order valence-corrected chi connectivity index (χ3v) is 13.4. The average molecular weight is 872 g/mol. The quantitative estimate of drug-likeness (QED) is 0.213. The molecule has 2 atom stereocenters. The van der Waals surface area contributed by atoms with Crippen molar-refractivity contribution in [2.45, 2.75) is 77.4 Å². The fraction of sp³-hybridized carbons (Fsp3) is 0.370. The van der Waals surface area contributed by atoms with Crippen LogP contribution in [-0.2, 0) is 28.5 Å². The number of carbonyl (C=O) groups is 1. The Hall–Kier alpha value is -6.63. The zero-order valence-electron chi connectivity index (χ0n) is 36.3. The highest BCUT2D eigenvalue weighted by Crippen LogP contribution is 2.53. The van der Waals surface area contributed by atoms with Crippen LogP contribution in [0.5, 0.6) is 0 Å². The SMILES string of the molecule is Cc1cc(-n2nc3c(c2-n2ccn(-c4ccc5c(cnn5C)c4F)c2=O)[C@H](C)N(C(=O)c2cn4cc(N5CCOC(C)(C)C5)ccc4c2C2(C4=NC(O)ON4)CC2)CC3)cc(C)c1F.